The molecule has 0 spiro atoms. The summed E-state index contributed by atoms with van der Waals surface area (Å²) in [7, 11) is -4.38. The summed E-state index contributed by atoms with van der Waals surface area (Å²) in [6.07, 6.45) is -2.51. The number of hydrogen-bond acceptors (Lipinski definition) is 8. The van der Waals surface area contributed by atoms with Gasteiger partial charge in [0.15, 0.2) is 11.9 Å². The van der Waals surface area contributed by atoms with Crippen LogP contribution in [0.1, 0.15) is 54.5 Å². The zero-order chi connectivity index (χ0) is 26.8. The number of ether oxygens (including phenoxy) is 3. The average molecular weight is 568 g/mol. The number of amides is 1. The Morgan fingerprint density at radius 3 is 2.43 bits per heavy atom. The molecule has 37 heavy (non-hydrogen) atoms. The van der Waals surface area contributed by atoms with Crippen molar-refractivity contribution in [2.24, 2.45) is 0 Å². The molecule has 0 bridgehead atoms. The first kappa shape index (κ1) is 31.0. The van der Waals surface area contributed by atoms with Gasteiger partial charge in [0.25, 0.3) is 16.0 Å². The second-order valence-electron chi connectivity index (χ2n) is 8.52. The first-order valence-electron chi connectivity index (χ1n) is 10.6. The Labute approximate surface area is 241 Å². The number of Topliss-reactive ketones (excluding diaryl/α,β-unsaturated/α-hetero) is 1. The van der Waals surface area contributed by atoms with E-state index in [0.717, 1.165) is 12.1 Å². The van der Waals surface area contributed by atoms with Gasteiger partial charge in [-0.25, -0.2) is 9.18 Å². The van der Waals surface area contributed by atoms with Crippen LogP contribution in [0.15, 0.2) is 36.4 Å². The summed E-state index contributed by atoms with van der Waals surface area (Å²) in [5.74, 6) is -2.20. The van der Waals surface area contributed by atoms with Crippen molar-refractivity contribution in [3.05, 3.63) is 63.9 Å². The first-order valence-corrected chi connectivity index (χ1v) is 12.5. The van der Waals surface area contributed by atoms with E-state index < -0.39 is 58.1 Å². The van der Waals surface area contributed by atoms with Crippen LogP contribution in [0.5, 0.6) is 5.75 Å². The third kappa shape index (κ3) is 7.88. The molecule has 1 aliphatic rings. The molecule has 2 aromatic rings. The van der Waals surface area contributed by atoms with Crippen LogP contribution in [0, 0.1) is 5.82 Å². The molecule has 2 N–H and O–H groups in total. The second-order valence-corrected chi connectivity index (χ2v) is 10.5. The minimum atomic E-state index is -4.38. The molecule has 0 unspecified atom stereocenters. The first-order chi connectivity index (χ1) is 16.7. The standard InChI is InChI=1S/C23H23ClFNO9S.Na.H/c1-12(27)13-5-7-18-15(10-13)19(26-21(28)14-4-6-17(25)16(24)11-14)20(23(2,3)35-18)34-22(29)33-8-9-36(30,31)32;;/h4-7,10-11,19-20H,8-9H2,1-3H3,(H,26,28)(H,30,31,32);;/q;+1;-1/t19-,20+;;/m1../s1. The van der Waals surface area contributed by atoms with E-state index in [4.69, 9.17) is 30.4 Å². The summed E-state index contributed by atoms with van der Waals surface area (Å²) >= 11 is 5.80. The van der Waals surface area contributed by atoms with Crippen molar-refractivity contribution in [3.8, 4) is 5.75 Å². The van der Waals surface area contributed by atoms with Crippen LogP contribution in [0.25, 0.3) is 0 Å². The van der Waals surface area contributed by atoms with Gasteiger partial charge in [-0.05, 0) is 57.2 Å². The summed E-state index contributed by atoms with van der Waals surface area (Å²) in [6, 6.07) is 6.86. The molecule has 3 rings (SSSR count). The summed E-state index contributed by atoms with van der Waals surface area (Å²) < 4.78 is 60.3. The minimum Gasteiger partial charge on any atom is -1.00 e. The third-order valence-corrected chi connectivity index (χ3v) is 6.34. The zero-order valence-electron chi connectivity index (χ0n) is 21.4. The van der Waals surface area contributed by atoms with Gasteiger partial charge < -0.3 is 21.0 Å². The fourth-order valence-electron chi connectivity index (χ4n) is 3.60. The second kappa shape index (κ2) is 12.1. The molecule has 2 aromatic carbocycles. The number of benzene rings is 2. The van der Waals surface area contributed by atoms with Gasteiger partial charge in [0.1, 0.15) is 29.5 Å². The van der Waals surface area contributed by atoms with Gasteiger partial charge in [-0.3, -0.25) is 14.1 Å². The van der Waals surface area contributed by atoms with Crippen LogP contribution in [0.2, 0.25) is 5.02 Å². The van der Waals surface area contributed by atoms with E-state index in [0.29, 0.717) is 16.9 Å². The van der Waals surface area contributed by atoms with E-state index in [-0.39, 0.29) is 47.4 Å². The van der Waals surface area contributed by atoms with E-state index in [1.165, 1.54) is 19.1 Å². The quantitative estimate of drug-likeness (QED) is 0.215. The minimum absolute atomic E-state index is 0. The van der Waals surface area contributed by atoms with Gasteiger partial charge >= 0.3 is 35.7 Å². The van der Waals surface area contributed by atoms with E-state index >= 15 is 0 Å². The number of fused-ring (bicyclic) bond motifs is 1. The predicted octanol–water partition coefficient (Wildman–Crippen LogP) is 0.850. The Morgan fingerprint density at radius 2 is 1.84 bits per heavy atom. The molecule has 1 aliphatic heterocycles. The van der Waals surface area contributed by atoms with E-state index in [1.807, 2.05) is 0 Å². The molecule has 196 valence electrons. The Kier molecular flexibility index (Phi) is 10.1. The molecular formula is C23H24ClFNNaO9S. The molecule has 1 heterocycles. The number of halogens is 2. The average Bonchev–Trinajstić information content (AvgIpc) is 2.76. The Hall–Kier alpha value is -2.22. The van der Waals surface area contributed by atoms with Gasteiger partial charge in [0.05, 0.1) is 11.1 Å². The number of carbonyl (C=O) groups is 3. The van der Waals surface area contributed by atoms with Crippen LogP contribution in [0.3, 0.4) is 0 Å². The number of nitrogens with one attached hydrogen (secondary N) is 1. The van der Waals surface area contributed by atoms with Gasteiger partial charge in [-0.15, -0.1) is 0 Å². The van der Waals surface area contributed by atoms with E-state index in [2.05, 4.69) is 5.32 Å². The van der Waals surface area contributed by atoms with Gasteiger partial charge in [-0.2, -0.15) is 8.42 Å². The summed E-state index contributed by atoms with van der Waals surface area (Å²) in [5.41, 5.74) is -0.607. The molecule has 2 atom stereocenters. The van der Waals surface area contributed by atoms with Crippen LogP contribution in [0.4, 0.5) is 9.18 Å². The summed E-state index contributed by atoms with van der Waals surface area (Å²) in [4.78, 5) is 37.4. The van der Waals surface area contributed by atoms with Gasteiger partial charge in [-0.1, -0.05) is 11.6 Å². The molecule has 1 amide bonds. The molecular weight excluding hydrogens is 544 g/mol. The van der Waals surface area contributed by atoms with Crippen LogP contribution in [-0.2, 0) is 19.6 Å². The monoisotopic (exact) mass is 567 g/mol. The number of hydrogen-bond donors (Lipinski definition) is 2. The summed E-state index contributed by atoms with van der Waals surface area (Å²) in [6.45, 7) is 3.84. The van der Waals surface area contributed by atoms with Crippen LogP contribution in [-0.4, -0.2) is 54.9 Å². The fraction of sp³-hybridized carbons (Fsp3) is 0.348. The maximum Gasteiger partial charge on any atom is 1.00 e. The molecule has 14 heteroatoms. The van der Waals surface area contributed by atoms with Gasteiger partial charge in [0.2, 0.25) is 0 Å². The largest absolute Gasteiger partial charge is 1.00 e. The van der Waals surface area contributed by atoms with Gasteiger partial charge in [0, 0.05) is 16.7 Å². The van der Waals surface area contributed by atoms with Crippen molar-refractivity contribution in [2.75, 3.05) is 12.4 Å². The Balaban J connectivity index is 0.00000361. The topological polar surface area (TPSA) is 145 Å². The van der Waals surface area contributed by atoms with Crippen molar-refractivity contribution >= 4 is 39.6 Å². The normalized spacial score (nSPS) is 17.9. The molecule has 0 radical (unpaired) electrons. The maximum atomic E-state index is 13.6. The smallest absolute Gasteiger partial charge is 1.00 e. The maximum absolute atomic E-state index is 13.6. The van der Waals surface area contributed by atoms with Crippen molar-refractivity contribution in [1.82, 2.24) is 5.32 Å². The SMILES string of the molecule is CC(=O)c1ccc2c(c1)[C@@H](NC(=O)c1ccc(F)c(Cl)c1)[C@H](OC(=O)OCCS(=O)(=O)O)C(C)(C)O2.[H-].[Na+]. The molecule has 0 saturated heterocycles. The van der Waals surface area contributed by atoms with Crippen molar-refractivity contribution < 1.29 is 76.9 Å². The fourth-order valence-corrected chi connectivity index (χ4v) is 4.08. The Bertz CT molecular complexity index is 1330. The number of ketones is 1. The number of rotatable bonds is 7. The molecule has 0 aromatic heterocycles. The molecule has 10 nitrogen and oxygen atoms in total. The number of carbonyl (C=O) groups excluding carboxylic acids is 3. The molecule has 0 saturated carbocycles. The van der Waals surface area contributed by atoms with Crippen molar-refractivity contribution in [1.29, 1.82) is 0 Å². The van der Waals surface area contributed by atoms with E-state index in [9.17, 15) is 27.2 Å². The zero-order valence-corrected chi connectivity index (χ0v) is 24.0. The van der Waals surface area contributed by atoms with E-state index in [1.54, 1.807) is 26.0 Å². The Morgan fingerprint density at radius 1 is 1.19 bits per heavy atom. The summed E-state index contributed by atoms with van der Waals surface area (Å²) in [5, 5.41) is 2.44. The molecule has 0 aliphatic carbocycles. The molecule has 0 fully saturated rings. The van der Waals surface area contributed by atoms with Crippen LogP contribution >= 0.6 is 11.6 Å². The van der Waals surface area contributed by atoms with Crippen LogP contribution < -0.4 is 39.6 Å². The third-order valence-electron chi connectivity index (χ3n) is 5.37. The van der Waals surface area contributed by atoms with Crippen molar-refractivity contribution in [2.45, 2.75) is 38.5 Å². The van der Waals surface area contributed by atoms with Crippen molar-refractivity contribution in [3.63, 3.8) is 0 Å². The predicted molar refractivity (Wildman–Crippen MR) is 127 cm³/mol.